The lowest BCUT2D eigenvalue weighted by atomic mass is 10.2. The summed E-state index contributed by atoms with van der Waals surface area (Å²) >= 11 is 0. The van der Waals surface area contributed by atoms with Gasteiger partial charge >= 0.3 is 6.18 Å². The molecule has 1 amide bonds. The van der Waals surface area contributed by atoms with E-state index >= 15 is 0 Å². The van der Waals surface area contributed by atoms with Crippen LogP contribution in [0.3, 0.4) is 0 Å². The van der Waals surface area contributed by atoms with Crippen molar-refractivity contribution in [2.75, 3.05) is 25.0 Å². The summed E-state index contributed by atoms with van der Waals surface area (Å²) in [5.41, 5.74) is 1.48. The molecule has 5 nitrogen and oxygen atoms in total. The average molecular weight is 430 g/mol. The molecule has 0 aliphatic carbocycles. The summed E-state index contributed by atoms with van der Waals surface area (Å²) < 4.78 is 40.3. The number of carbonyl (C=O) groups is 1. The number of hydrogen-bond donors (Lipinski definition) is 1. The molecule has 0 spiro atoms. The molecular weight excluding hydrogens is 405 g/mol. The fourth-order valence-electron chi connectivity index (χ4n) is 3.29. The summed E-state index contributed by atoms with van der Waals surface area (Å²) in [6.07, 6.45) is -1.34. The third kappa shape index (κ3) is 5.65. The van der Waals surface area contributed by atoms with Crippen LogP contribution >= 0.6 is 0 Å². The smallest absolute Gasteiger partial charge is 0.375 e. The van der Waals surface area contributed by atoms with Crippen LogP contribution in [0.2, 0.25) is 0 Å². The lowest BCUT2D eigenvalue weighted by Crippen LogP contribution is -2.26. The quantitative estimate of drug-likeness (QED) is 0.520. The van der Waals surface area contributed by atoms with E-state index < -0.39 is 11.7 Å². The van der Waals surface area contributed by atoms with Gasteiger partial charge in [-0.2, -0.15) is 18.3 Å². The molecular formula is C23H25F3N4O. The van der Waals surface area contributed by atoms with Gasteiger partial charge in [0.2, 0.25) is 0 Å². The van der Waals surface area contributed by atoms with Gasteiger partial charge in [-0.3, -0.25) is 4.79 Å². The standard InChI is InChI=1S/C23H25F3N4O/c1-17-21(16-28-30(17)20-12-8-9-18(15-20)23(24,25)26)22(31)27-13-6-7-14-29(2)19-10-4-3-5-11-19/h3-5,8-12,15-16H,6-7,13-14H2,1-2H3,(H,27,31). The molecule has 0 atom stereocenters. The number of halogens is 3. The van der Waals surface area contributed by atoms with Gasteiger partial charge in [-0.25, -0.2) is 4.68 Å². The zero-order valence-corrected chi connectivity index (χ0v) is 17.5. The molecule has 0 saturated carbocycles. The summed E-state index contributed by atoms with van der Waals surface area (Å²) in [4.78, 5) is 14.7. The molecule has 0 unspecified atom stereocenters. The van der Waals surface area contributed by atoms with Gasteiger partial charge in [-0.1, -0.05) is 24.3 Å². The summed E-state index contributed by atoms with van der Waals surface area (Å²) in [5.74, 6) is -0.285. The van der Waals surface area contributed by atoms with Crippen molar-refractivity contribution in [2.45, 2.75) is 25.9 Å². The summed E-state index contributed by atoms with van der Waals surface area (Å²) in [5, 5.41) is 6.98. The maximum Gasteiger partial charge on any atom is 0.416 e. The first-order chi connectivity index (χ1) is 14.8. The second-order valence-electron chi connectivity index (χ2n) is 7.32. The monoisotopic (exact) mass is 430 g/mol. The Kier molecular flexibility index (Phi) is 6.99. The highest BCUT2D eigenvalue weighted by Crippen LogP contribution is 2.30. The maximum absolute atomic E-state index is 13.0. The van der Waals surface area contributed by atoms with Gasteiger partial charge < -0.3 is 10.2 Å². The molecule has 0 radical (unpaired) electrons. The Morgan fingerprint density at radius 1 is 1.10 bits per heavy atom. The predicted octanol–water partition coefficient (Wildman–Crippen LogP) is 4.85. The number of hydrogen-bond acceptors (Lipinski definition) is 3. The van der Waals surface area contributed by atoms with Crippen LogP contribution in [0.25, 0.3) is 5.69 Å². The Morgan fingerprint density at radius 3 is 2.55 bits per heavy atom. The van der Waals surface area contributed by atoms with E-state index in [9.17, 15) is 18.0 Å². The van der Waals surface area contributed by atoms with E-state index in [-0.39, 0.29) is 11.6 Å². The fraction of sp³-hybridized carbons (Fsp3) is 0.304. The van der Waals surface area contributed by atoms with Crippen molar-refractivity contribution in [3.63, 3.8) is 0 Å². The highest BCUT2D eigenvalue weighted by atomic mass is 19.4. The zero-order valence-electron chi connectivity index (χ0n) is 17.5. The fourth-order valence-corrected chi connectivity index (χ4v) is 3.29. The Morgan fingerprint density at radius 2 is 1.84 bits per heavy atom. The molecule has 0 aliphatic heterocycles. The van der Waals surface area contributed by atoms with Gasteiger partial charge in [0.15, 0.2) is 0 Å². The maximum atomic E-state index is 13.0. The summed E-state index contributed by atoms with van der Waals surface area (Å²) in [6, 6.07) is 14.9. The van der Waals surface area contributed by atoms with Crippen LogP contribution < -0.4 is 10.2 Å². The molecule has 2 aromatic carbocycles. The van der Waals surface area contributed by atoms with Crippen LogP contribution in [0.15, 0.2) is 60.8 Å². The number of rotatable bonds is 8. The van der Waals surface area contributed by atoms with Gasteiger partial charge in [-0.15, -0.1) is 0 Å². The molecule has 0 fully saturated rings. The number of aromatic nitrogens is 2. The van der Waals surface area contributed by atoms with Crippen molar-refractivity contribution < 1.29 is 18.0 Å². The predicted molar refractivity (Wildman–Crippen MR) is 115 cm³/mol. The molecule has 3 aromatic rings. The Hall–Kier alpha value is -3.29. The third-order valence-electron chi connectivity index (χ3n) is 5.08. The molecule has 31 heavy (non-hydrogen) atoms. The van der Waals surface area contributed by atoms with Crippen LogP contribution in [-0.4, -0.2) is 35.8 Å². The van der Waals surface area contributed by atoms with E-state index in [1.54, 1.807) is 6.92 Å². The van der Waals surface area contributed by atoms with Crippen LogP contribution in [0, 0.1) is 6.92 Å². The molecule has 1 N–H and O–H groups in total. The van der Waals surface area contributed by atoms with Crippen LogP contribution in [0.5, 0.6) is 0 Å². The highest BCUT2D eigenvalue weighted by molar-refractivity contribution is 5.95. The van der Waals surface area contributed by atoms with E-state index in [1.807, 2.05) is 37.4 Å². The number of para-hydroxylation sites is 1. The SMILES string of the molecule is Cc1c(C(=O)NCCCCN(C)c2ccccc2)cnn1-c1cccc(C(F)(F)F)c1. The van der Waals surface area contributed by atoms with Gasteiger partial charge in [-0.05, 0) is 50.1 Å². The third-order valence-corrected chi connectivity index (χ3v) is 5.08. The van der Waals surface area contributed by atoms with Gasteiger partial charge in [0.1, 0.15) is 0 Å². The lowest BCUT2D eigenvalue weighted by molar-refractivity contribution is -0.137. The normalized spacial score (nSPS) is 11.4. The van der Waals surface area contributed by atoms with E-state index in [0.717, 1.165) is 37.2 Å². The first kappa shape index (κ1) is 22.4. The molecule has 8 heteroatoms. The van der Waals surface area contributed by atoms with Gasteiger partial charge in [0, 0.05) is 25.8 Å². The minimum Gasteiger partial charge on any atom is -0.375 e. The number of nitrogens with zero attached hydrogens (tertiary/aromatic N) is 3. The minimum absolute atomic E-state index is 0.260. The molecule has 1 heterocycles. The van der Waals surface area contributed by atoms with Crippen molar-refractivity contribution >= 4 is 11.6 Å². The van der Waals surface area contributed by atoms with E-state index in [1.165, 1.54) is 23.0 Å². The minimum atomic E-state index is -4.44. The highest BCUT2D eigenvalue weighted by Gasteiger charge is 2.30. The number of amides is 1. The van der Waals surface area contributed by atoms with Crippen molar-refractivity contribution in [3.8, 4) is 5.69 Å². The molecule has 164 valence electrons. The Bertz CT molecular complexity index is 1020. The number of anilines is 1. The van der Waals surface area contributed by atoms with E-state index in [2.05, 4.69) is 15.3 Å². The Labute approximate surface area is 179 Å². The number of benzene rings is 2. The number of carbonyl (C=O) groups excluding carboxylic acids is 1. The number of alkyl halides is 3. The van der Waals surface area contributed by atoms with Crippen LogP contribution in [-0.2, 0) is 6.18 Å². The van der Waals surface area contributed by atoms with Crippen molar-refractivity contribution in [1.82, 2.24) is 15.1 Å². The molecule has 0 saturated heterocycles. The molecule has 3 rings (SSSR count). The lowest BCUT2D eigenvalue weighted by Gasteiger charge is -2.19. The summed E-state index contributed by atoms with van der Waals surface area (Å²) in [7, 11) is 2.03. The number of unbranched alkanes of at least 4 members (excludes halogenated alkanes) is 1. The molecule has 1 aromatic heterocycles. The Balaban J connectivity index is 1.53. The van der Waals surface area contributed by atoms with Gasteiger partial charge in [0.05, 0.1) is 28.7 Å². The number of nitrogens with one attached hydrogen (secondary N) is 1. The topological polar surface area (TPSA) is 50.2 Å². The van der Waals surface area contributed by atoms with Crippen LogP contribution in [0.1, 0.15) is 34.5 Å². The second-order valence-corrected chi connectivity index (χ2v) is 7.32. The van der Waals surface area contributed by atoms with Crippen molar-refractivity contribution in [2.24, 2.45) is 0 Å². The zero-order chi connectivity index (χ0) is 22.4. The van der Waals surface area contributed by atoms with E-state index in [4.69, 9.17) is 0 Å². The first-order valence-corrected chi connectivity index (χ1v) is 10.0. The second kappa shape index (κ2) is 9.68. The summed E-state index contributed by atoms with van der Waals surface area (Å²) in [6.45, 7) is 3.04. The van der Waals surface area contributed by atoms with Crippen LogP contribution in [0.4, 0.5) is 18.9 Å². The largest absolute Gasteiger partial charge is 0.416 e. The van der Waals surface area contributed by atoms with E-state index in [0.29, 0.717) is 17.8 Å². The molecule has 0 bridgehead atoms. The van der Waals surface area contributed by atoms with Crippen molar-refractivity contribution in [3.05, 3.63) is 77.6 Å². The molecule has 0 aliphatic rings. The van der Waals surface area contributed by atoms with Crippen molar-refractivity contribution in [1.29, 1.82) is 0 Å². The first-order valence-electron chi connectivity index (χ1n) is 10.0. The van der Waals surface area contributed by atoms with Gasteiger partial charge in [0.25, 0.3) is 5.91 Å². The average Bonchev–Trinajstić information content (AvgIpc) is 3.14.